The Labute approximate surface area is 64.3 Å². The Morgan fingerprint density at radius 3 is 3.00 bits per heavy atom. The van der Waals surface area contributed by atoms with Crippen LogP contribution in [-0.4, -0.2) is 9.97 Å². The first-order valence-electron chi connectivity index (χ1n) is 3.12. The van der Waals surface area contributed by atoms with E-state index in [1.165, 1.54) is 6.20 Å². The SMILES string of the molecule is CC(O[N])c1nccc(N)n1. The lowest BCUT2D eigenvalue weighted by Crippen LogP contribution is -2.05. The van der Waals surface area contributed by atoms with E-state index in [9.17, 15) is 0 Å². The minimum Gasteiger partial charge on any atom is -0.384 e. The molecule has 1 atom stereocenters. The zero-order valence-corrected chi connectivity index (χ0v) is 6.06. The quantitative estimate of drug-likeness (QED) is 0.610. The summed E-state index contributed by atoms with van der Waals surface area (Å²) >= 11 is 0. The number of hydrogen-bond acceptors (Lipinski definition) is 4. The van der Waals surface area contributed by atoms with Gasteiger partial charge in [0.2, 0.25) is 0 Å². The molecule has 1 aromatic rings. The van der Waals surface area contributed by atoms with E-state index < -0.39 is 6.10 Å². The second-order valence-corrected chi connectivity index (χ2v) is 2.09. The summed E-state index contributed by atoms with van der Waals surface area (Å²) in [7, 11) is 0. The van der Waals surface area contributed by atoms with E-state index in [1.54, 1.807) is 13.0 Å². The second kappa shape index (κ2) is 3.27. The molecule has 58 valence electrons. The maximum atomic E-state index is 8.26. The molecule has 2 N–H and O–H groups in total. The number of anilines is 1. The fourth-order valence-corrected chi connectivity index (χ4v) is 0.631. The first kappa shape index (κ1) is 7.90. The molecule has 1 rings (SSSR count). The van der Waals surface area contributed by atoms with E-state index in [0.29, 0.717) is 11.6 Å². The molecule has 0 spiro atoms. The number of nitrogens with two attached hydrogens (primary N) is 1. The molecule has 1 heterocycles. The van der Waals surface area contributed by atoms with Gasteiger partial charge in [-0.05, 0) is 13.0 Å². The minimum atomic E-state index is -0.543. The predicted molar refractivity (Wildman–Crippen MR) is 38.1 cm³/mol. The molecule has 5 heteroatoms. The third-order valence-electron chi connectivity index (χ3n) is 1.22. The second-order valence-electron chi connectivity index (χ2n) is 2.09. The van der Waals surface area contributed by atoms with Gasteiger partial charge in [-0.25, -0.2) is 9.97 Å². The molecule has 0 aliphatic rings. The molecule has 0 aromatic carbocycles. The zero-order chi connectivity index (χ0) is 8.27. The minimum absolute atomic E-state index is 0.360. The average molecular weight is 152 g/mol. The smallest absolute Gasteiger partial charge is 0.161 e. The van der Waals surface area contributed by atoms with Crippen LogP contribution in [0.25, 0.3) is 0 Å². The zero-order valence-electron chi connectivity index (χ0n) is 6.06. The maximum absolute atomic E-state index is 8.26. The lowest BCUT2D eigenvalue weighted by molar-refractivity contribution is 0.0434. The molecule has 0 amide bonds. The lowest BCUT2D eigenvalue weighted by atomic mass is 10.4. The van der Waals surface area contributed by atoms with E-state index in [4.69, 9.17) is 11.6 Å². The van der Waals surface area contributed by atoms with Gasteiger partial charge in [0.25, 0.3) is 0 Å². The average Bonchev–Trinajstić information content (AvgIpc) is 2.03. The third kappa shape index (κ3) is 1.86. The summed E-state index contributed by atoms with van der Waals surface area (Å²) in [4.78, 5) is 11.7. The first-order valence-corrected chi connectivity index (χ1v) is 3.12. The molecule has 0 saturated heterocycles. The molecule has 1 unspecified atom stereocenters. The van der Waals surface area contributed by atoms with E-state index in [2.05, 4.69) is 14.8 Å². The Morgan fingerprint density at radius 1 is 1.73 bits per heavy atom. The summed E-state index contributed by atoms with van der Waals surface area (Å²) in [6, 6.07) is 1.56. The molecule has 5 nitrogen and oxygen atoms in total. The van der Waals surface area contributed by atoms with Gasteiger partial charge < -0.3 is 5.73 Å². The largest absolute Gasteiger partial charge is 0.384 e. The van der Waals surface area contributed by atoms with Crippen molar-refractivity contribution in [1.82, 2.24) is 15.9 Å². The highest BCUT2D eigenvalue weighted by Gasteiger charge is 2.07. The van der Waals surface area contributed by atoms with Crippen molar-refractivity contribution in [1.29, 1.82) is 0 Å². The summed E-state index contributed by atoms with van der Waals surface area (Å²) in [6.07, 6.45) is 0.964. The number of nitrogens with zero attached hydrogens (tertiary/aromatic N) is 3. The Morgan fingerprint density at radius 2 is 2.45 bits per heavy atom. The number of nitrogen functional groups attached to an aromatic ring is 1. The van der Waals surface area contributed by atoms with Crippen LogP contribution in [0, 0.1) is 0 Å². The maximum Gasteiger partial charge on any atom is 0.161 e. The van der Waals surface area contributed by atoms with Crippen LogP contribution in [0.5, 0.6) is 0 Å². The van der Waals surface area contributed by atoms with Crippen LogP contribution in [0.1, 0.15) is 18.9 Å². The molecule has 1 aromatic heterocycles. The highest BCUT2D eigenvalue weighted by atomic mass is 16.6. The number of hydrogen-bond donors (Lipinski definition) is 1. The molecule has 0 aliphatic carbocycles. The van der Waals surface area contributed by atoms with Gasteiger partial charge in [0.15, 0.2) is 5.82 Å². The highest BCUT2D eigenvalue weighted by molar-refractivity contribution is 5.25. The summed E-state index contributed by atoms with van der Waals surface area (Å²) in [5.41, 5.74) is 5.36. The van der Waals surface area contributed by atoms with Crippen molar-refractivity contribution in [2.45, 2.75) is 13.0 Å². The number of rotatable bonds is 2. The van der Waals surface area contributed by atoms with Crippen molar-refractivity contribution < 1.29 is 4.84 Å². The van der Waals surface area contributed by atoms with Crippen molar-refractivity contribution >= 4 is 5.82 Å². The number of aromatic nitrogens is 2. The molecular formula is C6H8N4O. The van der Waals surface area contributed by atoms with Crippen molar-refractivity contribution in [2.24, 2.45) is 0 Å². The molecule has 0 saturated carbocycles. The van der Waals surface area contributed by atoms with Gasteiger partial charge in [-0.1, -0.05) is 0 Å². The van der Waals surface area contributed by atoms with Crippen molar-refractivity contribution in [3.8, 4) is 0 Å². The predicted octanol–water partition coefficient (Wildman–Crippen LogP) is 0.120. The topological polar surface area (TPSA) is 83.3 Å². The van der Waals surface area contributed by atoms with Gasteiger partial charge in [0.1, 0.15) is 11.9 Å². The van der Waals surface area contributed by atoms with E-state index >= 15 is 0 Å². The Balaban J connectivity index is 2.86. The Kier molecular flexibility index (Phi) is 2.35. The fraction of sp³-hybridized carbons (Fsp3) is 0.333. The van der Waals surface area contributed by atoms with Gasteiger partial charge in [-0.2, -0.15) is 0 Å². The summed E-state index contributed by atoms with van der Waals surface area (Å²) in [5.74, 6) is 8.99. The van der Waals surface area contributed by atoms with Crippen LogP contribution in [0.2, 0.25) is 0 Å². The fourth-order valence-electron chi connectivity index (χ4n) is 0.631. The van der Waals surface area contributed by atoms with Crippen LogP contribution in [0.3, 0.4) is 0 Å². The molecule has 0 aliphatic heterocycles. The lowest BCUT2D eigenvalue weighted by Gasteiger charge is -2.04. The first-order chi connectivity index (χ1) is 5.24. The van der Waals surface area contributed by atoms with Crippen LogP contribution in [0.15, 0.2) is 12.3 Å². The van der Waals surface area contributed by atoms with Crippen LogP contribution < -0.4 is 11.6 Å². The van der Waals surface area contributed by atoms with E-state index in [1.807, 2.05) is 0 Å². The van der Waals surface area contributed by atoms with Crippen molar-refractivity contribution in [3.05, 3.63) is 18.1 Å². The van der Waals surface area contributed by atoms with Gasteiger partial charge in [0, 0.05) is 12.1 Å². The van der Waals surface area contributed by atoms with Gasteiger partial charge in [0.05, 0.1) is 0 Å². The standard InChI is InChI=1S/C6H8N4O/c1-4(11-8)6-9-3-2-5(7)10-6/h2-4H,1H3,(H2,7,9,10). The Bertz CT molecular complexity index is 240. The molecule has 11 heavy (non-hydrogen) atoms. The summed E-state index contributed by atoms with van der Waals surface area (Å²) < 4.78 is 0. The van der Waals surface area contributed by atoms with Crippen LogP contribution in [-0.2, 0) is 4.84 Å². The monoisotopic (exact) mass is 152 g/mol. The summed E-state index contributed by atoms with van der Waals surface area (Å²) in [5, 5.41) is 0. The third-order valence-corrected chi connectivity index (χ3v) is 1.22. The van der Waals surface area contributed by atoms with Gasteiger partial charge in [-0.3, -0.25) is 4.84 Å². The van der Waals surface area contributed by atoms with E-state index in [-0.39, 0.29) is 0 Å². The molecule has 0 bridgehead atoms. The van der Waals surface area contributed by atoms with Gasteiger partial charge in [-0.15, -0.1) is 0 Å². The molecule has 0 fully saturated rings. The normalized spacial score (nSPS) is 12.9. The molecular weight excluding hydrogens is 144 g/mol. The van der Waals surface area contributed by atoms with E-state index in [0.717, 1.165) is 0 Å². The van der Waals surface area contributed by atoms with Crippen molar-refractivity contribution in [2.75, 3.05) is 5.73 Å². The highest BCUT2D eigenvalue weighted by Crippen LogP contribution is 2.09. The van der Waals surface area contributed by atoms with Crippen LogP contribution >= 0.6 is 0 Å². The van der Waals surface area contributed by atoms with Crippen molar-refractivity contribution in [3.63, 3.8) is 0 Å². The summed E-state index contributed by atoms with van der Waals surface area (Å²) in [6.45, 7) is 1.62. The van der Waals surface area contributed by atoms with Crippen LogP contribution in [0.4, 0.5) is 5.82 Å². The Hall–Kier alpha value is -1.20. The van der Waals surface area contributed by atoms with Gasteiger partial charge >= 0.3 is 0 Å². The molecule has 2 radical (unpaired) electrons.